The Morgan fingerprint density at radius 2 is 1.68 bits per heavy atom. The van der Waals surface area contributed by atoms with Crippen LogP contribution in [0, 0.1) is 19.8 Å². The summed E-state index contributed by atoms with van der Waals surface area (Å²) in [5.74, 6) is 0.797. The van der Waals surface area contributed by atoms with Crippen molar-refractivity contribution in [1.82, 2.24) is 5.32 Å². The molecule has 1 aromatic carbocycles. The van der Waals surface area contributed by atoms with E-state index in [1.54, 1.807) is 0 Å². The molecular weight excluding hydrogens is 230 g/mol. The molecule has 1 N–H and O–H groups in total. The van der Waals surface area contributed by atoms with Crippen LogP contribution < -0.4 is 5.32 Å². The van der Waals surface area contributed by atoms with E-state index >= 15 is 0 Å². The molecule has 19 heavy (non-hydrogen) atoms. The molecule has 108 valence electrons. The van der Waals surface area contributed by atoms with Crippen molar-refractivity contribution in [3.63, 3.8) is 0 Å². The Balaban J connectivity index is 2.73. The molecule has 2 atom stereocenters. The summed E-state index contributed by atoms with van der Waals surface area (Å²) in [4.78, 5) is 0. The van der Waals surface area contributed by atoms with E-state index < -0.39 is 0 Å². The van der Waals surface area contributed by atoms with Gasteiger partial charge in [0.2, 0.25) is 0 Å². The van der Waals surface area contributed by atoms with Crippen molar-refractivity contribution in [3.05, 3.63) is 34.9 Å². The van der Waals surface area contributed by atoms with Crippen molar-refractivity contribution in [2.75, 3.05) is 7.05 Å². The predicted molar refractivity (Wildman–Crippen MR) is 85.8 cm³/mol. The summed E-state index contributed by atoms with van der Waals surface area (Å²) in [5.41, 5.74) is 4.24. The molecule has 0 spiro atoms. The SMILES string of the molecule is CCCCC(CC)C(Cc1cc(C)cc(C)c1)NC. The first-order valence-corrected chi connectivity index (χ1v) is 7.85. The molecule has 2 unspecified atom stereocenters. The number of rotatable bonds is 8. The topological polar surface area (TPSA) is 12.0 Å². The summed E-state index contributed by atoms with van der Waals surface area (Å²) in [7, 11) is 2.11. The zero-order chi connectivity index (χ0) is 14.3. The van der Waals surface area contributed by atoms with Crippen molar-refractivity contribution in [2.45, 2.75) is 65.8 Å². The lowest BCUT2D eigenvalue weighted by atomic mass is 9.87. The molecule has 0 heterocycles. The number of nitrogens with one attached hydrogen (secondary N) is 1. The van der Waals surface area contributed by atoms with Gasteiger partial charge in [0.05, 0.1) is 0 Å². The van der Waals surface area contributed by atoms with Gasteiger partial charge in [-0.15, -0.1) is 0 Å². The molecule has 0 aliphatic rings. The van der Waals surface area contributed by atoms with Gasteiger partial charge in [0, 0.05) is 6.04 Å². The van der Waals surface area contributed by atoms with Gasteiger partial charge in [-0.1, -0.05) is 62.4 Å². The van der Waals surface area contributed by atoms with Crippen LogP contribution in [0.2, 0.25) is 0 Å². The Kier molecular flexibility index (Phi) is 7.15. The molecule has 0 aromatic heterocycles. The second-order valence-corrected chi connectivity index (χ2v) is 5.91. The van der Waals surface area contributed by atoms with Crippen molar-refractivity contribution in [3.8, 4) is 0 Å². The minimum Gasteiger partial charge on any atom is -0.316 e. The lowest BCUT2D eigenvalue weighted by molar-refractivity contribution is 0.330. The quantitative estimate of drug-likeness (QED) is 0.718. The largest absolute Gasteiger partial charge is 0.316 e. The molecule has 0 aliphatic carbocycles. The lowest BCUT2D eigenvalue weighted by Crippen LogP contribution is -2.35. The van der Waals surface area contributed by atoms with Crippen LogP contribution in [0.15, 0.2) is 18.2 Å². The van der Waals surface area contributed by atoms with Gasteiger partial charge in [0.1, 0.15) is 0 Å². The van der Waals surface area contributed by atoms with E-state index in [1.165, 1.54) is 42.4 Å². The molecule has 0 radical (unpaired) electrons. The first-order chi connectivity index (χ1) is 9.10. The first-order valence-electron chi connectivity index (χ1n) is 7.85. The van der Waals surface area contributed by atoms with Crippen LogP contribution in [-0.4, -0.2) is 13.1 Å². The molecule has 1 aromatic rings. The molecule has 1 rings (SSSR count). The Bertz CT molecular complexity index is 350. The van der Waals surface area contributed by atoms with E-state index in [1.807, 2.05) is 0 Å². The van der Waals surface area contributed by atoms with Crippen LogP contribution in [0.3, 0.4) is 0 Å². The van der Waals surface area contributed by atoms with Crippen molar-refractivity contribution < 1.29 is 0 Å². The molecule has 1 heteroatoms. The van der Waals surface area contributed by atoms with Gasteiger partial charge in [-0.3, -0.25) is 0 Å². The van der Waals surface area contributed by atoms with Gasteiger partial charge >= 0.3 is 0 Å². The molecule has 0 bridgehead atoms. The summed E-state index contributed by atoms with van der Waals surface area (Å²) in [5, 5.41) is 3.55. The number of aryl methyl sites for hydroxylation is 2. The van der Waals surface area contributed by atoms with Crippen molar-refractivity contribution >= 4 is 0 Å². The predicted octanol–water partition coefficient (Wildman–Crippen LogP) is 4.65. The van der Waals surface area contributed by atoms with Gasteiger partial charge in [0.25, 0.3) is 0 Å². The lowest BCUT2D eigenvalue weighted by Gasteiger charge is -2.26. The van der Waals surface area contributed by atoms with Gasteiger partial charge < -0.3 is 5.32 Å². The fourth-order valence-electron chi connectivity index (χ4n) is 3.10. The van der Waals surface area contributed by atoms with E-state index in [-0.39, 0.29) is 0 Å². The zero-order valence-corrected chi connectivity index (χ0v) is 13.4. The van der Waals surface area contributed by atoms with Gasteiger partial charge in [-0.25, -0.2) is 0 Å². The Morgan fingerprint density at radius 3 is 2.16 bits per heavy atom. The fourth-order valence-corrected chi connectivity index (χ4v) is 3.10. The monoisotopic (exact) mass is 261 g/mol. The van der Waals surface area contributed by atoms with E-state index in [0.29, 0.717) is 6.04 Å². The Hall–Kier alpha value is -0.820. The molecule has 0 amide bonds. The highest BCUT2D eigenvalue weighted by molar-refractivity contribution is 5.29. The smallest absolute Gasteiger partial charge is 0.0133 e. The summed E-state index contributed by atoms with van der Waals surface area (Å²) >= 11 is 0. The average Bonchev–Trinajstić information content (AvgIpc) is 2.36. The average molecular weight is 261 g/mol. The number of benzene rings is 1. The van der Waals surface area contributed by atoms with Crippen LogP contribution in [0.5, 0.6) is 0 Å². The van der Waals surface area contributed by atoms with E-state index in [9.17, 15) is 0 Å². The normalized spacial score (nSPS) is 14.4. The van der Waals surface area contributed by atoms with Gasteiger partial charge in [-0.2, -0.15) is 0 Å². The second-order valence-electron chi connectivity index (χ2n) is 5.91. The fraction of sp³-hybridized carbons (Fsp3) is 0.667. The summed E-state index contributed by atoms with van der Waals surface area (Å²) in [6.07, 6.45) is 6.43. The minimum atomic E-state index is 0.609. The van der Waals surface area contributed by atoms with Crippen LogP contribution in [-0.2, 0) is 6.42 Å². The maximum absolute atomic E-state index is 3.55. The minimum absolute atomic E-state index is 0.609. The van der Waals surface area contributed by atoms with E-state index in [4.69, 9.17) is 0 Å². The van der Waals surface area contributed by atoms with E-state index in [2.05, 4.69) is 58.3 Å². The third-order valence-electron chi connectivity index (χ3n) is 4.13. The van der Waals surface area contributed by atoms with Crippen molar-refractivity contribution in [2.24, 2.45) is 5.92 Å². The van der Waals surface area contributed by atoms with Gasteiger partial charge in [-0.05, 0) is 45.2 Å². The number of likely N-dealkylation sites (N-methyl/N-ethyl adjacent to an activating group) is 1. The van der Waals surface area contributed by atoms with Crippen LogP contribution in [0.1, 0.15) is 56.2 Å². The summed E-state index contributed by atoms with van der Waals surface area (Å²) in [6, 6.07) is 7.54. The van der Waals surface area contributed by atoms with E-state index in [0.717, 1.165) is 12.3 Å². The van der Waals surface area contributed by atoms with Crippen LogP contribution >= 0.6 is 0 Å². The molecule has 0 saturated carbocycles. The third kappa shape index (κ3) is 5.36. The highest BCUT2D eigenvalue weighted by atomic mass is 14.9. The highest BCUT2D eigenvalue weighted by Gasteiger charge is 2.18. The molecule has 1 nitrogen and oxygen atoms in total. The summed E-state index contributed by atoms with van der Waals surface area (Å²) < 4.78 is 0. The second kappa shape index (κ2) is 8.37. The van der Waals surface area contributed by atoms with Crippen LogP contribution in [0.25, 0.3) is 0 Å². The molecular formula is C18H31N. The third-order valence-corrected chi connectivity index (χ3v) is 4.13. The van der Waals surface area contributed by atoms with Crippen LogP contribution in [0.4, 0.5) is 0 Å². The zero-order valence-electron chi connectivity index (χ0n) is 13.4. The number of unbranched alkanes of at least 4 members (excludes halogenated alkanes) is 1. The first kappa shape index (κ1) is 16.2. The standard InChI is InChI=1S/C18H31N/c1-6-8-9-17(7-2)18(19-5)13-16-11-14(3)10-15(4)12-16/h10-12,17-19H,6-9,13H2,1-5H3. The number of hydrogen-bond acceptors (Lipinski definition) is 1. The molecule has 0 aliphatic heterocycles. The van der Waals surface area contributed by atoms with Gasteiger partial charge in [0.15, 0.2) is 0 Å². The number of hydrogen-bond donors (Lipinski definition) is 1. The Morgan fingerprint density at radius 1 is 1.05 bits per heavy atom. The molecule has 0 fully saturated rings. The Labute approximate surface area is 119 Å². The molecule has 0 saturated heterocycles. The van der Waals surface area contributed by atoms with Crippen molar-refractivity contribution in [1.29, 1.82) is 0 Å². The summed E-state index contributed by atoms with van der Waals surface area (Å²) in [6.45, 7) is 9.00. The highest BCUT2D eigenvalue weighted by Crippen LogP contribution is 2.21. The maximum atomic E-state index is 3.55. The maximum Gasteiger partial charge on any atom is 0.0133 e.